The lowest BCUT2D eigenvalue weighted by atomic mass is 10.3. The molecule has 0 spiro atoms. The molecular weight excluding hydrogens is 185 g/mol. The molecule has 0 amide bonds. The van der Waals surface area contributed by atoms with Crippen LogP contribution in [-0.4, -0.2) is 25.2 Å². The van der Waals surface area contributed by atoms with E-state index in [2.05, 4.69) is 36.3 Å². The van der Waals surface area contributed by atoms with Crippen molar-refractivity contribution in [2.24, 2.45) is 0 Å². The number of hydrogen-bond donors (Lipinski definition) is 0. The lowest BCUT2D eigenvalue weighted by molar-refractivity contribution is 0.368. The van der Waals surface area contributed by atoms with Crippen molar-refractivity contribution in [2.45, 2.75) is 6.92 Å². The average molecular weight is 197 g/mol. The molecule has 0 aromatic rings. The van der Waals surface area contributed by atoms with Gasteiger partial charge in [0.25, 0.3) is 0 Å². The van der Waals surface area contributed by atoms with Crippen LogP contribution in [0.15, 0.2) is 24.4 Å². The standard InChI is InChI=1S/C7H11N.BF4/c1-2-8-6-4-3-5-7-8;2-1(3,4)5/h3-6H,2,7H2,1H3;/q;-1/p+1. The van der Waals surface area contributed by atoms with E-state index in [1.807, 2.05) is 0 Å². The minimum Gasteiger partial charge on any atom is -0.418 e. The Balaban J connectivity index is 0. The Morgan fingerprint density at radius 2 is 1.85 bits per heavy atom. The summed E-state index contributed by atoms with van der Waals surface area (Å²) >= 11 is 0. The van der Waals surface area contributed by atoms with Gasteiger partial charge in [-0.2, -0.15) is 0 Å². The van der Waals surface area contributed by atoms with E-state index in [4.69, 9.17) is 0 Å². The highest BCUT2D eigenvalue weighted by Gasteiger charge is 2.20. The first-order chi connectivity index (χ1) is 5.93. The van der Waals surface area contributed by atoms with Crippen molar-refractivity contribution in [3.05, 3.63) is 24.4 Å². The normalized spacial score (nSPS) is 15.3. The minimum absolute atomic E-state index is 0. The van der Waals surface area contributed by atoms with Crippen molar-refractivity contribution in [3.63, 3.8) is 0 Å². The molecule has 1 rings (SSSR count). The van der Waals surface area contributed by atoms with Crippen molar-refractivity contribution in [1.82, 2.24) is 4.90 Å². The second kappa shape index (κ2) is 5.67. The van der Waals surface area contributed by atoms with Gasteiger partial charge in [-0.05, 0) is 19.2 Å². The molecule has 0 atom stereocenters. The summed E-state index contributed by atoms with van der Waals surface area (Å²) in [7, 11) is -6.00. The Morgan fingerprint density at radius 3 is 2.08 bits per heavy atom. The van der Waals surface area contributed by atoms with Crippen molar-refractivity contribution in [3.8, 4) is 0 Å². The van der Waals surface area contributed by atoms with Gasteiger partial charge >= 0.3 is 8.68 Å². The molecule has 0 bridgehead atoms. The van der Waals surface area contributed by atoms with E-state index in [1.54, 1.807) is 0 Å². The summed E-state index contributed by atoms with van der Waals surface area (Å²) in [5, 5.41) is 0. The third-order valence-corrected chi connectivity index (χ3v) is 1.29. The second-order valence-corrected chi connectivity index (χ2v) is 2.35. The predicted octanol–water partition coefficient (Wildman–Crippen LogP) is 2.80. The molecule has 1 aliphatic rings. The summed E-state index contributed by atoms with van der Waals surface area (Å²) in [6, 6.07) is 0. The Labute approximate surface area is 76.3 Å². The van der Waals surface area contributed by atoms with E-state index < -0.39 is 7.25 Å². The number of allylic oxidation sites excluding steroid dienone is 2. The fourth-order valence-corrected chi connectivity index (χ4v) is 0.742. The monoisotopic (exact) mass is 197 g/mol. The third-order valence-electron chi connectivity index (χ3n) is 1.29. The predicted molar refractivity (Wildman–Crippen MR) is 46.8 cm³/mol. The zero-order valence-corrected chi connectivity index (χ0v) is 7.26. The van der Waals surface area contributed by atoms with Crippen LogP contribution in [-0.2, 0) is 0 Å². The lowest BCUT2D eigenvalue weighted by Gasteiger charge is -2.16. The van der Waals surface area contributed by atoms with Crippen molar-refractivity contribution in [1.29, 1.82) is 0 Å². The van der Waals surface area contributed by atoms with E-state index in [-0.39, 0.29) is 1.43 Å². The highest BCUT2D eigenvalue weighted by Crippen LogP contribution is 2.06. The van der Waals surface area contributed by atoms with Crippen LogP contribution in [0.1, 0.15) is 8.35 Å². The molecule has 0 radical (unpaired) electrons. The average Bonchev–Trinajstić information content (AvgIpc) is 2.03. The van der Waals surface area contributed by atoms with Crippen LogP contribution in [0.25, 0.3) is 0 Å². The molecule has 0 aromatic carbocycles. The molecule has 0 unspecified atom stereocenters. The van der Waals surface area contributed by atoms with E-state index in [1.165, 1.54) is 0 Å². The van der Waals surface area contributed by atoms with E-state index in [0.717, 1.165) is 13.1 Å². The van der Waals surface area contributed by atoms with Crippen LogP contribution < -0.4 is 0 Å². The van der Waals surface area contributed by atoms with E-state index >= 15 is 0 Å². The van der Waals surface area contributed by atoms with Crippen LogP contribution >= 0.6 is 0 Å². The Morgan fingerprint density at radius 1 is 1.31 bits per heavy atom. The molecule has 6 heteroatoms. The van der Waals surface area contributed by atoms with Crippen LogP contribution in [0, 0.1) is 0 Å². The quantitative estimate of drug-likeness (QED) is 0.461. The maximum Gasteiger partial charge on any atom is 1.00 e. The molecule has 1 nitrogen and oxygen atoms in total. The van der Waals surface area contributed by atoms with Gasteiger partial charge in [0.05, 0.1) is 0 Å². The van der Waals surface area contributed by atoms with Crippen LogP contribution in [0.2, 0.25) is 0 Å². The Kier molecular flexibility index (Phi) is 5.26. The van der Waals surface area contributed by atoms with Crippen molar-refractivity contribution < 1.29 is 18.7 Å². The molecule has 76 valence electrons. The van der Waals surface area contributed by atoms with Crippen LogP contribution in [0.4, 0.5) is 17.3 Å². The lowest BCUT2D eigenvalue weighted by Crippen LogP contribution is -2.17. The van der Waals surface area contributed by atoms with Crippen LogP contribution in [0.3, 0.4) is 0 Å². The highest BCUT2D eigenvalue weighted by molar-refractivity contribution is 6.50. The van der Waals surface area contributed by atoms with Gasteiger partial charge in [0.1, 0.15) is 0 Å². The van der Waals surface area contributed by atoms with Gasteiger partial charge in [-0.1, -0.05) is 12.2 Å². The maximum absolute atomic E-state index is 9.75. The zero-order valence-electron chi connectivity index (χ0n) is 8.26. The molecule has 0 N–H and O–H groups in total. The minimum atomic E-state index is -6.00. The Hall–Kier alpha value is -0.935. The highest BCUT2D eigenvalue weighted by atomic mass is 19.5. The molecule has 1 aliphatic heterocycles. The SMILES string of the molecule is CCN1C=CC=CC1.F[B-](F)(F)F.[H+]. The topological polar surface area (TPSA) is 3.24 Å². The number of likely N-dealkylation sites (N-methyl/N-ethyl adjacent to an activating group) is 1. The molecule has 1 heterocycles. The largest absolute Gasteiger partial charge is 1.00 e. The molecule has 0 saturated heterocycles. The summed E-state index contributed by atoms with van der Waals surface area (Å²) in [6.07, 6.45) is 8.41. The first kappa shape index (κ1) is 12.1. The van der Waals surface area contributed by atoms with E-state index in [9.17, 15) is 17.3 Å². The van der Waals surface area contributed by atoms with Gasteiger partial charge in [-0.25, -0.2) is 0 Å². The summed E-state index contributed by atoms with van der Waals surface area (Å²) < 4.78 is 39.0. The number of halogens is 4. The van der Waals surface area contributed by atoms with Crippen molar-refractivity contribution >= 4 is 7.25 Å². The molecular formula is C7H12BF4N. The second-order valence-electron chi connectivity index (χ2n) is 2.35. The van der Waals surface area contributed by atoms with Gasteiger partial charge in [-0.15, -0.1) is 0 Å². The number of hydrogen-bond acceptors (Lipinski definition) is 1. The molecule has 13 heavy (non-hydrogen) atoms. The van der Waals surface area contributed by atoms with Gasteiger partial charge < -0.3 is 22.2 Å². The van der Waals surface area contributed by atoms with E-state index in [0.29, 0.717) is 0 Å². The summed E-state index contributed by atoms with van der Waals surface area (Å²) in [4.78, 5) is 2.25. The fraction of sp³-hybridized carbons (Fsp3) is 0.429. The van der Waals surface area contributed by atoms with Gasteiger partial charge in [-0.3, -0.25) is 0 Å². The van der Waals surface area contributed by atoms with Gasteiger partial charge in [0, 0.05) is 13.1 Å². The van der Waals surface area contributed by atoms with Gasteiger partial charge in [0.15, 0.2) is 0 Å². The Bertz CT molecular complexity index is 187. The molecule has 0 saturated carbocycles. The summed E-state index contributed by atoms with van der Waals surface area (Å²) in [6.45, 7) is 4.34. The third kappa shape index (κ3) is 11.1. The smallest absolute Gasteiger partial charge is 0.418 e. The maximum atomic E-state index is 9.75. The molecule has 0 fully saturated rings. The summed E-state index contributed by atoms with van der Waals surface area (Å²) in [5.41, 5.74) is 0. The van der Waals surface area contributed by atoms with Crippen molar-refractivity contribution in [2.75, 3.05) is 13.1 Å². The summed E-state index contributed by atoms with van der Waals surface area (Å²) in [5.74, 6) is 0. The van der Waals surface area contributed by atoms with Crippen LogP contribution in [0.5, 0.6) is 0 Å². The number of rotatable bonds is 1. The fourth-order valence-electron chi connectivity index (χ4n) is 0.742. The number of nitrogens with zero attached hydrogens (tertiary/aromatic N) is 1. The zero-order chi connectivity index (χ0) is 10.3. The first-order valence-electron chi connectivity index (χ1n) is 3.88. The molecule has 0 aliphatic carbocycles. The molecule has 0 aromatic heterocycles. The first-order valence-corrected chi connectivity index (χ1v) is 3.88. The van der Waals surface area contributed by atoms with Gasteiger partial charge in [0.2, 0.25) is 0 Å².